The highest BCUT2D eigenvalue weighted by molar-refractivity contribution is 7.98. The number of carbonyl (C=O) groups is 4. The molecule has 4 amide bonds. The first-order valence-corrected chi connectivity index (χ1v) is 17.5. The van der Waals surface area contributed by atoms with Crippen LogP contribution in [0.1, 0.15) is 93.2 Å². The van der Waals surface area contributed by atoms with Crippen LogP contribution >= 0.6 is 11.8 Å². The number of rotatable bonds is 17. The van der Waals surface area contributed by atoms with Gasteiger partial charge in [-0.15, -0.1) is 0 Å². The van der Waals surface area contributed by atoms with Crippen molar-refractivity contribution in [3.8, 4) is 0 Å². The minimum absolute atomic E-state index is 0.0303. The van der Waals surface area contributed by atoms with Crippen molar-refractivity contribution < 1.29 is 34.1 Å². The maximum Gasteiger partial charge on any atom is 0.408 e. The number of benzene rings is 1. The number of nitrogens with one attached hydrogen (secondary N) is 2. The van der Waals surface area contributed by atoms with Crippen molar-refractivity contribution in [3.63, 3.8) is 0 Å². The summed E-state index contributed by atoms with van der Waals surface area (Å²) in [7, 11) is 0. The highest BCUT2D eigenvalue weighted by Crippen LogP contribution is 2.26. The topological polar surface area (TPSA) is 171 Å². The Labute approximate surface area is 279 Å². The third-order valence-corrected chi connectivity index (χ3v) is 8.24. The molecule has 11 nitrogen and oxygen atoms in total. The van der Waals surface area contributed by atoms with Crippen LogP contribution in [0.5, 0.6) is 0 Å². The van der Waals surface area contributed by atoms with Crippen LogP contribution in [0.15, 0.2) is 30.3 Å². The number of nitrogens with two attached hydrogens (primary N) is 1. The minimum Gasteiger partial charge on any atom is -0.444 e. The van der Waals surface area contributed by atoms with E-state index in [2.05, 4.69) is 10.6 Å². The summed E-state index contributed by atoms with van der Waals surface area (Å²) >= 11 is 1.48. The van der Waals surface area contributed by atoms with Gasteiger partial charge in [-0.3, -0.25) is 19.3 Å². The first-order chi connectivity index (χ1) is 21.3. The lowest BCUT2D eigenvalue weighted by molar-refractivity contribution is -0.157. The van der Waals surface area contributed by atoms with E-state index in [1.54, 1.807) is 34.6 Å². The number of carbonyl (C=O) groups excluding carboxylic acids is 4. The molecule has 0 aliphatic carbocycles. The lowest BCUT2D eigenvalue weighted by Gasteiger charge is -2.36. The van der Waals surface area contributed by atoms with Crippen molar-refractivity contribution in [2.45, 2.75) is 124 Å². The third-order valence-electron chi connectivity index (χ3n) is 7.60. The second kappa shape index (κ2) is 19.2. The molecule has 7 atom stereocenters. The number of hydrogen-bond acceptors (Lipinski definition) is 9. The van der Waals surface area contributed by atoms with E-state index in [0.29, 0.717) is 5.75 Å². The number of thioether (sulfide) groups is 1. The molecule has 12 heteroatoms. The van der Waals surface area contributed by atoms with Gasteiger partial charge in [0, 0.05) is 5.92 Å². The van der Waals surface area contributed by atoms with E-state index in [1.165, 1.54) is 18.7 Å². The van der Waals surface area contributed by atoms with Crippen LogP contribution in [0, 0.1) is 17.8 Å². The minimum atomic E-state index is -1.38. The molecule has 1 aromatic carbocycles. The van der Waals surface area contributed by atoms with Crippen LogP contribution in [0.2, 0.25) is 0 Å². The summed E-state index contributed by atoms with van der Waals surface area (Å²) in [4.78, 5) is 56.0. The van der Waals surface area contributed by atoms with E-state index in [4.69, 9.17) is 10.5 Å². The van der Waals surface area contributed by atoms with Gasteiger partial charge in [0.25, 0.3) is 0 Å². The van der Waals surface area contributed by atoms with Gasteiger partial charge in [-0.2, -0.15) is 11.8 Å². The normalized spacial score (nSPS) is 16.5. The van der Waals surface area contributed by atoms with Gasteiger partial charge in [-0.1, -0.05) is 58.0 Å². The van der Waals surface area contributed by atoms with Crippen LogP contribution in [0.3, 0.4) is 0 Å². The average molecular weight is 667 g/mol. The molecule has 0 heterocycles. The number of ether oxygens (including phenoxy) is 1. The number of aliphatic hydroxyl groups is 2. The summed E-state index contributed by atoms with van der Waals surface area (Å²) in [5, 5.41) is 27.3. The summed E-state index contributed by atoms with van der Waals surface area (Å²) in [6.45, 7) is 15.7. The molecule has 0 radical (unpaired) electrons. The van der Waals surface area contributed by atoms with Crippen molar-refractivity contribution in [2.75, 3.05) is 12.0 Å². The monoisotopic (exact) mass is 666 g/mol. The molecule has 0 saturated carbocycles. The summed E-state index contributed by atoms with van der Waals surface area (Å²) < 4.78 is 5.31. The third kappa shape index (κ3) is 13.6. The Hall–Kier alpha value is -2.67. The van der Waals surface area contributed by atoms with E-state index in [1.807, 2.05) is 57.4 Å². The molecule has 0 aliphatic heterocycles. The largest absolute Gasteiger partial charge is 0.444 e. The molecule has 0 spiro atoms. The number of nitrogens with zero attached hydrogens (tertiary/aromatic N) is 1. The fraction of sp³-hybridized carbons (Fsp3) is 0.706. The Morgan fingerprint density at radius 1 is 0.935 bits per heavy atom. The van der Waals surface area contributed by atoms with Gasteiger partial charge in [0.1, 0.15) is 11.6 Å². The van der Waals surface area contributed by atoms with Crippen molar-refractivity contribution in [3.05, 3.63) is 35.9 Å². The highest BCUT2D eigenvalue weighted by Gasteiger charge is 2.42. The zero-order chi connectivity index (χ0) is 35.4. The van der Waals surface area contributed by atoms with E-state index in [9.17, 15) is 29.4 Å². The van der Waals surface area contributed by atoms with Crippen LogP contribution in [0.4, 0.5) is 4.79 Å². The molecule has 0 unspecified atom stereocenters. The van der Waals surface area contributed by atoms with Crippen LogP contribution in [-0.2, 0) is 19.1 Å². The van der Waals surface area contributed by atoms with E-state index >= 15 is 0 Å². The Bertz CT molecular complexity index is 1110. The lowest BCUT2D eigenvalue weighted by atomic mass is 9.86. The first-order valence-electron chi connectivity index (χ1n) is 16.1. The SMILES string of the molecule is CSCC[C@@H](C(=O)N[C@@H](C)c1ccccc1)N(C(=O)[C@H](CC(C)C)C[C@@H](O)[C@@H](NC(=O)OC(C)(C)C)[C@@H](C)O)C(=O)[C@@H](N)C(C)C. The van der Waals surface area contributed by atoms with Gasteiger partial charge >= 0.3 is 6.09 Å². The Morgan fingerprint density at radius 2 is 1.52 bits per heavy atom. The van der Waals surface area contributed by atoms with Crippen LogP contribution in [0.25, 0.3) is 0 Å². The van der Waals surface area contributed by atoms with Crippen LogP contribution in [-0.4, -0.2) is 86.9 Å². The van der Waals surface area contributed by atoms with Gasteiger partial charge in [0.05, 0.1) is 30.3 Å². The maximum atomic E-state index is 14.5. The highest BCUT2D eigenvalue weighted by atomic mass is 32.2. The first kappa shape index (κ1) is 41.4. The number of alkyl carbamates (subject to hydrolysis) is 1. The fourth-order valence-electron chi connectivity index (χ4n) is 5.09. The summed E-state index contributed by atoms with van der Waals surface area (Å²) in [6, 6.07) is 5.61. The summed E-state index contributed by atoms with van der Waals surface area (Å²) in [5.41, 5.74) is 6.38. The standard InChI is InChI=1S/C34H58N4O7S/c1-20(2)18-25(19-27(40)29(23(6)39)37-33(44)45-34(7,8)9)31(42)38(32(43)28(35)21(3)4)26(16-17-46-10)30(41)36-22(5)24-14-12-11-13-15-24/h11-15,20-23,25-29,39-40H,16-19,35H2,1-10H3,(H,36,41)(H,37,44)/t22-,23+,25+,26-,27+,28-,29-/m0/s1. The lowest BCUT2D eigenvalue weighted by Crippen LogP contribution is -2.59. The van der Waals surface area contributed by atoms with Gasteiger partial charge in [-0.05, 0) is 83.3 Å². The molecule has 6 N–H and O–H groups in total. The number of imide groups is 1. The molecular formula is C34H58N4O7S. The fourth-order valence-corrected chi connectivity index (χ4v) is 5.55. The number of amides is 4. The zero-order valence-corrected chi connectivity index (χ0v) is 30.1. The van der Waals surface area contributed by atoms with Crippen LogP contribution < -0.4 is 16.4 Å². The Balaban J connectivity index is 3.55. The molecular weight excluding hydrogens is 608 g/mol. The summed E-state index contributed by atoms with van der Waals surface area (Å²) in [5.74, 6) is -2.58. The molecule has 1 rings (SSSR count). The molecule has 0 fully saturated rings. The van der Waals surface area contributed by atoms with Crippen molar-refractivity contribution in [1.82, 2.24) is 15.5 Å². The quantitative estimate of drug-likeness (QED) is 0.165. The maximum absolute atomic E-state index is 14.5. The molecule has 0 saturated heterocycles. The zero-order valence-electron chi connectivity index (χ0n) is 29.3. The smallest absolute Gasteiger partial charge is 0.408 e. The molecule has 0 bridgehead atoms. The molecule has 1 aromatic rings. The second-order valence-electron chi connectivity index (χ2n) is 13.8. The molecule has 0 aliphatic rings. The Morgan fingerprint density at radius 3 is 2.00 bits per heavy atom. The van der Waals surface area contributed by atoms with E-state index < -0.39 is 71.7 Å². The number of hydrogen-bond donors (Lipinski definition) is 5. The second-order valence-corrected chi connectivity index (χ2v) is 14.8. The van der Waals surface area contributed by atoms with Gasteiger partial charge in [0.15, 0.2) is 0 Å². The van der Waals surface area contributed by atoms with Crippen molar-refractivity contribution >= 4 is 35.6 Å². The molecule has 0 aromatic heterocycles. The van der Waals surface area contributed by atoms with Gasteiger partial charge in [0.2, 0.25) is 17.7 Å². The predicted molar refractivity (Wildman–Crippen MR) is 183 cm³/mol. The van der Waals surface area contributed by atoms with E-state index in [-0.39, 0.29) is 31.1 Å². The van der Waals surface area contributed by atoms with Crippen molar-refractivity contribution in [1.29, 1.82) is 0 Å². The molecule has 262 valence electrons. The van der Waals surface area contributed by atoms with Crippen molar-refractivity contribution in [2.24, 2.45) is 23.5 Å². The summed E-state index contributed by atoms with van der Waals surface area (Å²) in [6.07, 6.45) is -1.25. The Kier molecular flexibility index (Phi) is 17.3. The number of aliphatic hydroxyl groups excluding tert-OH is 2. The van der Waals surface area contributed by atoms with Gasteiger partial charge in [-0.25, -0.2) is 4.79 Å². The molecule has 46 heavy (non-hydrogen) atoms. The van der Waals surface area contributed by atoms with Gasteiger partial charge < -0.3 is 31.3 Å². The van der Waals surface area contributed by atoms with E-state index in [0.717, 1.165) is 10.5 Å². The average Bonchev–Trinajstić information content (AvgIpc) is 2.95. The predicted octanol–water partition coefficient (Wildman–Crippen LogP) is 4.01.